The van der Waals surface area contributed by atoms with Crippen LogP contribution in [0, 0.1) is 11.3 Å². The van der Waals surface area contributed by atoms with Gasteiger partial charge >= 0.3 is 0 Å². The summed E-state index contributed by atoms with van der Waals surface area (Å²) in [6.07, 6.45) is 2.47. The van der Waals surface area contributed by atoms with Crippen LogP contribution in [0.1, 0.15) is 20.3 Å². The summed E-state index contributed by atoms with van der Waals surface area (Å²) in [5, 5.41) is 12.0. The Kier molecular flexibility index (Phi) is 5.50. The van der Waals surface area contributed by atoms with Crippen LogP contribution < -0.4 is 5.32 Å². The highest BCUT2D eigenvalue weighted by molar-refractivity contribution is 5.97. The Labute approximate surface area is 102 Å². The van der Waals surface area contributed by atoms with Gasteiger partial charge in [0.15, 0.2) is 0 Å². The number of nitriles is 1. The monoisotopic (exact) mass is 237 g/mol. The fourth-order valence-electron chi connectivity index (χ4n) is 1.42. The van der Waals surface area contributed by atoms with Crippen molar-refractivity contribution in [2.45, 2.75) is 26.3 Å². The van der Waals surface area contributed by atoms with Crippen LogP contribution in [0.15, 0.2) is 11.8 Å². The third-order valence-corrected chi connectivity index (χ3v) is 2.77. The van der Waals surface area contributed by atoms with E-state index in [0.29, 0.717) is 26.3 Å². The number of nitrogens with zero attached hydrogens (tertiary/aromatic N) is 2. The molecule has 1 amide bonds. The molecule has 0 bridgehead atoms. The van der Waals surface area contributed by atoms with Crippen molar-refractivity contribution in [3.05, 3.63) is 11.8 Å². The third kappa shape index (κ3) is 4.08. The van der Waals surface area contributed by atoms with Crippen molar-refractivity contribution in [2.75, 3.05) is 26.3 Å². The van der Waals surface area contributed by atoms with Crippen molar-refractivity contribution < 1.29 is 9.53 Å². The van der Waals surface area contributed by atoms with Gasteiger partial charge in [-0.25, -0.2) is 0 Å². The maximum Gasteiger partial charge on any atom is 0.266 e. The van der Waals surface area contributed by atoms with E-state index in [9.17, 15) is 4.79 Å². The molecule has 0 aromatic carbocycles. The molecule has 5 heteroatoms. The molecule has 0 saturated carbocycles. The van der Waals surface area contributed by atoms with Crippen LogP contribution in [0.4, 0.5) is 0 Å². The van der Waals surface area contributed by atoms with E-state index >= 15 is 0 Å². The van der Waals surface area contributed by atoms with Crippen LogP contribution in [0.3, 0.4) is 0 Å². The summed E-state index contributed by atoms with van der Waals surface area (Å²) < 4.78 is 5.17. The number of hydrogen-bond donors (Lipinski definition) is 1. The Balaban J connectivity index is 2.60. The smallest absolute Gasteiger partial charge is 0.266 e. The summed E-state index contributed by atoms with van der Waals surface area (Å²) in [4.78, 5) is 13.6. The molecular formula is C12H19N3O2. The minimum absolute atomic E-state index is 0.159. The van der Waals surface area contributed by atoms with Gasteiger partial charge in [-0.2, -0.15) is 5.26 Å². The van der Waals surface area contributed by atoms with Gasteiger partial charge in [0.1, 0.15) is 11.6 Å². The number of amides is 1. The van der Waals surface area contributed by atoms with E-state index in [2.05, 4.69) is 5.32 Å². The Morgan fingerprint density at radius 1 is 1.59 bits per heavy atom. The molecule has 17 heavy (non-hydrogen) atoms. The molecule has 0 spiro atoms. The van der Waals surface area contributed by atoms with Gasteiger partial charge in [-0.3, -0.25) is 4.79 Å². The first-order valence-electron chi connectivity index (χ1n) is 5.92. The lowest BCUT2D eigenvalue weighted by Crippen LogP contribution is -2.41. The number of carbonyl (C=O) groups is 1. The number of hydrogen-bond acceptors (Lipinski definition) is 4. The van der Waals surface area contributed by atoms with Crippen LogP contribution in [0.2, 0.25) is 0 Å². The summed E-state index contributed by atoms with van der Waals surface area (Å²) in [5.41, 5.74) is 0.159. The SMILES string of the molecule is CCC(C)N/C=C(/C#N)C(=O)N1CCOCC1. The quantitative estimate of drug-likeness (QED) is 0.575. The van der Waals surface area contributed by atoms with Crippen molar-refractivity contribution in [1.29, 1.82) is 5.26 Å². The molecule has 94 valence electrons. The highest BCUT2D eigenvalue weighted by Gasteiger charge is 2.20. The third-order valence-electron chi connectivity index (χ3n) is 2.77. The lowest BCUT2D eigenvalue weighted by atomic mass is 10.2. The molecule has 0 aromatic heterocycles. The number of nitrogens with one attached hydrogen (secondary N) is 1. The van der Waals surface area contributed by atoms with Crippen molar-refractivity contribution in [3.63, 3.8) is 0 Å². The van der Waals surface area contributed by atoms with Gasteiger partial charge in [-0.05, 0) is 13.3 Å². The van der Waals surface area contributed by atoms with Crippen LogP contribution >= 0.6 is 0 Å². The summed E-state index contributed by atoms with van der Waals surface area (Å²) >= 11 is 0. The van der Waals surface area contributed by atoms with E-state index < -0.39 is 0 Å². The maximum atomic E-state index is 12.0. The number of morpholine rings is 1. The lowest BCUT2D eigenvalue weighted by molar-refractivity contribution is -0.130. The average Bonchev–Trinajstić information content (AvgIpc) is 2.39. The lowest BCUT2D eigenvalue weighted by Gasteiger charge is -2.26. The van der Waals surface area contributed by atoms with Gasteiger partial charge in [0.2, 0.25) is 0 Å². The highest BCUT2D eigenvalue weighted by atomic mass is 16.5. The van der Waals surface area contributed by atoms with E-state index in [4.69, 9.17) is 10.00 Å². The molecule has 1 heterocycles. The second-order valence-corrected chi connectivity index (χ2v) is 4.05. The van der Waals surface area contributed by atoms with Crippen molar-refractivity contribution in [3.8, 4) is 6.07 Å². The van der Waals surface area contributed by atoms with E-state index in [1.807, 2.05) is 19.9 Å². The minimum Gasteiger partial charge on any atom is -0.387 e. The zero-order valence-corrected chi connectivity index (χ0v) is 10.4. The fraction of sp³-hybridized carbons (Fsp3) is 0.667. The molecule has 0 aliphatic carbocycles. The summed E-state index contributed by atoms with van der Waals surface area (Å²) in [7, 11) is 0. The Hall–Kier alpha value is -1.54. The van der Waals surface area contributed by atoms with Crippen LogP contribution in [0.25, 0.3) is 0 Å². The predicted molar refractivity (Wildman–Crippen MR) is 64.0 cm³/mol. The van der Waals surface area contributed by atoms with Gasteiger partial charge in [-0.1, -0.05) is 6.92 Å². The molecule has 1 saturated heterocycles. The second-order valence-electron chi connectivity index (χ2n) is 4.05. The first kappa shape index (κ1) is 13.5. The molecule has 1 unspecified atom stereocenters. The summed E-state index contributed by atoms with van der Waals surface area (Å²) in [6, 6.07) is 2.21. The van der Waals surface area contributed by atoms with E-state index in [1.54, 1.807) is 4.90 Å². The normalized spacial score (nSPS) is 18.4. The molecule has 1 atom stereocenters. The molecule has 0 radical (unpaired) electrons. The van der Waals surface area contributed by atoms with E-state index in [-0.39, 0.29) is 17.5 Å². The van der Waals surface area contributed by atoms with Gasteiger partial charge in [0.05, 0.1) is 13.2 Å². The summed E-state index contributed by atoms with van der Waals surface area (Å²) in [6.45, 7) is 6.25. The molecule has 1 aliphatic rings. The van der Waals surface area contributed by atoms with Crippen LogP contribution in [-0.2, 0) is 9.53 Å². The molecule has 1 aliphatic heterocycles. The van der Waals surface area contributed by atoms with Gasteiger partial charge in [0.25, 0.3) is 5.91 Å². The average molecular weight is 237 g/mol. The van der Waals surface area contributed by atoms with Crippen molar-refractivity contribution in [1.82, 2.24) is 10.2 Å². The Bertz CT molecular complexity index is 327. The zero-order chi connectivity index (χ0) is 12.7. The van der Waals surface area contributed by atoms with Crippen molar-refractivity contribution >= 4 is 5.91 Å². The zero-order valence-electron chi connectivity index (χ0n) is 10.4. The topological polar surface area (TPSA) is 65.4 Å². The van der Waals surface area contributed by atoms with Gasteiger partial charge in [0, 0.05) is 25.3 Å². The Morgan fingerprint density at radius 2 is 2.24 bits per heavy atom. The fourth-order valence-corrected chi connectivity index (χ4v) is 1.42. The molecule has 1 fully saturated rings. The highest BCUT2D eigenvalue weighted by Crippen LogP contribution is 2.04. The predicted octanol–water partition coefficient (Wildman–Crippen LogP) is 0.641. The first-order chi connectivity index (χ1) is 8.19. The van der Waals surface area contributed by atoms with Gasteiger partial charge in [-0.15, -0.1) is 0 Å². The first-order valence-corrected chi connectivity index (χ1v) is 5.92. The minimum atomic E-state index is -0.216. The standard InChI is InChI=1S/C12H19N3O2/c1-3-10(2)14-9-11(8-13)12(16)15-4-6-17-7-5-15/h9-10,14H,3-7H2,1-2H3/b11-9-. The second kappa shape index (κ2) is 6.92. The van der Waals surface area contributed by atoms with Gasteiger partial charge < -0.3 is 15.0 Å². The number of ether oxygens (including phenoxy) is 1. The molecule has 5 nitrogen and oxygen atoms in total. The summed E-state index contributed by atoms with van der Waals surface area (Å²) in [5.74, 6) is -0.216. The Morgan fingerprint density at radius 3 is 2.76 bits per heavy atom. The molecular weight excluding hydrogens is 218 g/mol. The van der Waals surface area contributed by atoms with E-state index in [0.717, 1.165) is 6.42 Å². The maximum absolute atomic E-state index is 12.0. The van der Waals surface area contributed by atoms with E-state index in [1.165, 1.54) is 6.20 Å². The molecule has 1 N–H and O–H groups in total. The van der Waals surface area contributed by atoms with Crippen molar-refractivity contribution in [2.24, 2.45) is 0 Å². The molecule has 0 aromatic rings. The number of rotatable bonds is 4. The largest absolute Gasteiger partial charge is 0.387 e. The van der Waals surface area contributed by atoms with Crippen LogP contribution in [0.5, 0.6) is 0 Å². The number of carbonyl (C=O) groups excluding carboxylic acids is 1. The van der Waals surface area contributed by atoms with Crippen LogP contribution in [-0.4, -0.2) is 43.2 Å². The molecule has 1 rings (SSSR count).